The summed E-state index contributed by atoms with van der Waals surface area (Å²) in [4.78, 5) is 0. The zero-order chi connectivity index (χ0) is 11.8. The van der Waals surface area contributed by atoms with Crippen LogP contribution in [0.1, 0.15) is 25.8 Å². The van der Waals surface area contributed by atoms with Gasteiger partial charge in [0.2, 0.25) is 0 Å². The molecule has 0 unspecified atom stereocenters. The molecule has 0 saturated heterocycles. The second kappa shape index (κ2) is 3.94. The molecule has 2 rings (SSSR count). The molecule has 0 aliphatic carbocycles. The summed E-state index contributed by atoms with van der Waals surface area (Å²) in [5, 5.41) is 0. The Morgan fingerprint density at radius 1 is 1.25 bits per heavy atom. The van der Waals surface area contributed by atoms with Crippen molar-refractivity contribution in [2.45, 2.75) is 25.8 Å². The second-order valence-electron chi connectivity index (χ2n) is 4.52. The maximum Gasteiger partial charge on any atom is 0.169 e. The van der Waals surface area contributed by atoms with Crippen molar-refractivity contribution in [1.82, 2.24) is 0 Å². The van der Waals surface area contributed by atoms with Gasteiger partial charge in [-0.15, -0.1) is 0 Å². The summed E-state index contributed by atoms with van der Waals surface area (Å²) in [7, 11) is 0. The predicted octanol–water partition coefficient (Wildman–Crippen LogP) is 2.18. The van der Waals surface area contributed by atoms with Gasteiger partial charge < -0.3 is 15.2 Å². The van der Waals surface area contributed by atoms with Crippen LogP contribution in [0.3, 0.4) is 0 Å². The Labute approximate surface area is 94.3 Å². The number of fused-ring (bicyclic) bond motifs is 1. The van der Waals surface area contributed by atoms with Gasteiger partial charge in [0.25, 0.3) is 0 Å². The predicted molar refractivity (Wildman–Crippen MR) is 59.2 cm³/mol. The molecule has 1 aromatic rings. The van der Waals surface area contributed by atoms with Crippen molar-refractivity contribution in [2.24, 2.45) is 5.73 Å². The molecule has 2 N–H and O–H groups in total. The molecule has 1 aliphatic heterocycles. The van der Waals surface area contributed by atoms with Gasteiger partial charge in [-0.3, -0.25) is 0 Å². The lowest BCUT2D eigenvalue weighted by Gasteiger charge is -2.23. The minimum absolute atomic E-state index is 0.350. The number of nitrogens with two attached hydrogens (primary N) is 1. The first-order valence-electron chi connectivity index (χ1n) is 5.37. The van der Waals surface area contributed by atoms with Crippen molar-refractivity contribution in [3.05, 3.63) is 23.5 Å². The SMILES string of the molecule is CC(C)(N)c1c(F)ccc2c1OCCCO2. The molecule has 0 aromatic heterocycles. The van der Waals surface area contributed by atoms with Crippen molar-refractivity contribution in [3.8, 4) is 11.5 Å². The molecular weight excluding hydrogens is 209 g/mol. The average Bonchev–Trinajstić information content (AvgIpc) is 2.40. The number of hydrogen-bond acceptors (Lipinski definition) is 3. The van der Waals surface area contributed by atoms with Crippen LogP contribution in [-0.4, -0.2) is 13.2 Å². The van der Waals surface area contributed by atoms with E-state index in [4.69, 9.17) is 15.2 Å². The topological polar surface area (TPSA) is 44.5 Å². The molecule has 0 radical (unpaired) electrons. The van der Waals surface area contributed by atoms with Crippen molar-refractivity contribution in [2.75, 3.05) is 13.2 Å². The molecule has 0 spiro atoms. The minimum atomic E-state index is -0.789. The molecule has 1 aliphatic rings. The van der Waals surface area contributed by atoms with Crippen LogP contribution in [0.25, 0.3) is 0 Å². The van der Waals surface area contributed by atoms with Crippen LogP contribution in [-0.2, 0) is 5.54 Å². The van der Waals surface area contributed by atoms with Gasteiger partial charge in [-0.1, -0.05) is 0 Å². The first-order valence-corrected chi connectivity index (χ1v) is 5.37. The van der Waals surface area contributed by atoms with Crippen LogP contribution < -0.4 is 15.2 Å². The van der Waals surface area contributed by atoms with E-state index in [1.54, 1.807) is 19.9 Å². The van der Waals surface area contributed by atoms with Crippen molar-refractivity contribution in [1.29, 1.82) is 0 Å². The van der Waals surface area contributed by atoms with Gasteiger partial charge >= 0.3 is 0 Å². The van der Waals surface area contributed by atoms with Gasteiger partial charge in [0, 0.05) is 12.0 Å². The van der Waals surface area contributed by atoms with Gasteiger partial charge in [-0.2, -0.15) is 0 Å². The van der Waals surface area contributed by atoms with E-state index in [-0.39, 0.29) is 5.82 Å². The van der Waals surface area contributed by atoms with Gasteiger partial charge in [-0.25, -0.2) is 4.39 Å². The Bertz CT molecular complexity index is 399. The van der Waals surface area contributed by atoms with Gasteiger partial charge in [0.05, 0.1) is 18.8 Å². The molecule has 0 bridgehead atoms. The fraction of sp³-hybridized carbons (Fsp3) is 0.500. The summed E-state index contributed by atoms with van der Waals surface area (Å²) >= 11 is 0. The summed E-state index contributed by atoms with van der Waals surface area (Å²) in [5.74, 6) is 0.675. The van der Waals surface area contributed by atoms with Crippen LogP contribution in [0.5, 0.6) is 11.5 Å². The maximum atomic E-state index is 13.8. The number of benzene rings is 1. The van der Waals surface area contributed by atoms with Crippen LogP contribution in [0, 0.1) is 5.82 Å². The summed E-state index contributed by atoms with van der Waals surface area (Å²) in [6, 6.07) is 2.96. The fourth-order valence-corrected chi connectivity index (χ4v) is 1.81. The van der Waals surface area contributed by atoms with E-state index >= 15 is 0 Å². The molecular formula is C12H16FNO2. The van der Waals surface area contributed by atoms with Crippen LogP contribution in [0.2, 0.25) is 0 Å². The molecule has 16 heavy (non-hydrogen) atoms. The van der Waals surface area contributed by atoms with Gasteiger partial charge in [-0.05, 0) is 26.0 Å². The summed E-state index contributed by atoms with van der Waals surface area (Å²) in [5.41, 5.74) is 5.55. The molecule has 0 fully saturated rings. The molecule has 0 amide bonds. The molecule has 1 heterocycles. The first-order chi connectivity index (χ1) is 7.50. The number of ether oxygens (including phenoxy) is 2. The van der Waals surface area contributed by atoms with Gasteiger partial charge in [0.1, 0.15) is 5.82 Å². The zero-order valence-corrected chi connectivity index (χ0v) is 9.55. The highest BCUT2D eigenvalue weighted by Gasteiger charge is 2.27. The van der Waals surface area contributed by atoms with Crippen LogP contribution in [0.15, 0.2) is 12.1 Å². The van der Waals surface area contributed by atoms with E-state index in [0.29, 0.717) is 30.3 Å². The highest BCUT2D eigenvalue weighted by Crippen LogP contribution is 2.39. The summed E-state index contributed by atoms with van der Waals surface area (Å²) in [6.45, 7) is 4.61. The maximum absolute atomic E-state index is 13.8. The van der Waals surface area contributed by atoms with E-state index in [1.807, 2.05) is 0 Å². The lowest BCUT2D eigenvalue weighted by Crippen LogP contribution is -2.30. The Kier molecular flexibility index (Phi) is 2.76. The Hall–Kier alpha value is -1.29. The lowest BCUT2D eigenvalue weighted by molar-refractivity contribution is 0.293. The normalized spacial score (nSPS) is 15.8. The quantitative estimate of drug-likeness (QED) is 0.796. The molecule has 88 valence electrons. The average molecular weight is 225 g/mol. The van der Waals surface area contributed by atoms with E-state index < -0.39 is 5.54 Å². The number of halogens is 1. The minimum Gasteiger partial charge on any atom is -0.490 e. The molecule has 1 aromatic carbocycles. The summed E-state index contributed by atoms with van der Waals surface area (Å²) < 4.78 is 24.8. The van der Waals surface area contributed by atoms with Gasteiger partial charge in [0.15, 0.2) is 11.5 Å². The van der Waals surface area contributed by atoms with Crippen molar-refractivity contribution < 1.29 is 13.9 Å². The smallest absolute Gasteiger partial charge is 0.169 e. The fourth-order valence-electron chi connectivity index (χ4n) is 1.81. The number of rotatable bonds is 1. The Morgan fingerprint density at radius 3 is 2.62 bits per heavy atom. The second-order valence-corrected chi connectivity index (χ2v) is 4.52. The molecule has 3 nitrogen and oxygen atoms in total. The number of hydrogen-bond donors (Lipinski definition) is 1. The first kappa shape index (κ1) is 11.2. The molecule has 0 saturated carbocycles. The van der Waals surface area contributed by atoms with E-state index in [2.05, 4.69) is 0 Å². The lowest BCUT2D eigenvalue weighted by atomic mass is 9.93. The third-order valence-corrected chi connectivity index (χ3v) is 2.51. The molecule has 0 atom stereocenters. The van der Waals surface area contributed by atoms with Crippen molar-refractivity contribution in [3.63, 3.8) is 0 Å². The van der Waals surface area contributed by atoms with E-state index in [1.165, 1.54) is 6.07 Å². The monoisotopic (exact) mass is 225 g/mol. The third kappa shape index (κ3) is 1.97. The van der Waals surface area contributed by atoms with Crippen molar-refractivity contribution >= 4 is 0 Å². The van der Waals surface area contributed by atoms with Crippen LogP contribution >= 0.6 is 0 Å². The summed E-state index contributed by atoms with van der Waals surface area (Å²) in [6.07, 6.45) is 0.792. The zero-order valence-electron chi connectivity index (χ0n) is 9.55. The highest BCUT2D eigenvalue weighted by molar-refractivity contribution is 5.50. The van der Waals surface area contributed by atoms with Crippen LogP contribution in [0.4, 0.5) is 4.39 Å². The highest BCUT2D eigenvalue weighted by atomic mass is 19.1. The van der Waals surface area contributed by atoms with E-state index in [0.717, 1.165) is 6.42 Å². The largest absolute Gasteiger partial charge is 0.490 e. The molecule has 4 heteroatoms. The third-order valence-electron chi connectivity index (χ3n) is 2.51. The standard InChI is InChI=1S/C12H16FNO2/c1-12(2,14)10-8(13)4-5-9-11(10)16-7-3-6-15-9/h4-5H,3,6-7,14H2,1-2H3. The Balaban J connectivity index is 2.58. The Morgan fingerprint density at radius 2 is 1.94 bits per heavy atom. The van der Waals surface area contributed by atoms with E-state index in [9.17, 15) is 4.39 Å².